The Kier molecular flexibility index (Phi) is 3.09. The van der Waals surface area contributed by atoms with Crippen LogP contribution >= 0.6 is 15.9 Å². The second-order valence-corrected chi connectivity index (χ2v) is 3.91. The first-order chi connectivity index (χ1) is 7.72. The van der Waals surface area contributed by atoms with Gasteiger partial charge in [-0.2, -0.15) is 5.10 Å². The van der Waals surface area contributed by atoms with Crippen LogP contribution < -0.4 is 5.32 Å². The fourth-order valence-corrected chi connectivity index (χ4v) is 1.74. The van der Waals surface area contributed by atoms with Gasteiger partial charge in [0.05, 0.1) is 18.0 Å². The van der Waals surface area contributed by atoms with Crippen molar-refractivity contribution >= 4 is 27.7 Å². The molecule has 6 heteroatoms. The highest BCUT2D eigenvalue weighted by molar-refractivity contribution is 9.10. The Morgan fingerprint density at radius 3 is 3.12 bits per heavy atom. The SMILES string of the molecule is CCc1cn[nH]c1NC(=O)c1ccoc1Br. The molecule has 2 aromatic heterocycles. The van der Waals surface area contributed by atoms with Crippen LogP contribution in [0.15, 0.2) is 27.6 Å². The van der Waals surface area contributed by atoms with E-state index in [-0.39, 0.29) is 5.91 Å². The number of nitrogens with one attached hydrogen (secondary N) is 2. The number of carbonyl (C=O) groups is 1. The van der Waals surface area contributed by atoms with Crippen molar-refractivity contribution in [2.24, 2.45) is 0 Å². The van der Waals surface area contributed by atoms with E-state index in [1.54, 1.807) is 12.3 Å². The van der Waals surface area contributed by atoms with E-state index in [9.17, 15) is 4.79 Å². The summed E-state index contributed by atoms with van der Waals surface area (Å²) in [6, 6.07) is 1.60. The van der Waals surface area contributed by atoms with Gasteiger partial charge in [0, 0.05) is 5.56 Å². The van der Waals surface area contributed by atoms with E-state index < -0.39 is 0 Å². The van der Waals surface area contributed by atoms with Crippen molar-refractivity contribution in [3.05, 3.63) is 34.3 Å². The third kappa shape index (κ3) is 2.01. The summed E-state index contributed by atoms with van der Waals surface area (Å²) in [5.41, 5.74) is 1.42. The molecular formula is C10H10BrN3O2. The molecule has 0 aliphatic rings. The van der Waals surface area contributed by atoms with E-state index >= 15 is 0 Å². The summed E-state index contributed by atoms with van der Waals surface area (Å²) >= 11 is 3.15. The molecule has 0 fully saturated rings. The number of halogens is 1. The van der Waals surface area contributed by atoms with Crippen molar-refractivity contribution in [1.82, 2.24) is 10.2 Å². The maximum Gasteiger partial charge on any atom is 0.261 e. The minimum absolute atomic E-state index is 0.237. The summed E-state index contributed by atoms with van der Waals surface area (Å²) < 4.78 is 5.41. The molecule has 0 radical (unpaired) electrons. The molecule has 0 unspecified atom stereocenters. The highest BCUT2D eigenvalue weighted by Crippen LogP contribution is 2.19. The summed E-state index contributed by atoms with van der Waals surface area (Å²) in [7, 11) is 0. The van der Waals surface area contributed by atoms with Gasteiger partial charge in [-0.1, -0.05) is 6.92 Å². The number of H-pyrrole nitrogens is 1. The summed E-state index contributed by atoms with van der Waals surface area (Å²) in [5, 5.41) is 9.35. The predicted octanol–water partition coefficient (Wildman–Crippen LogP) is 2.58. The largest absolute Gasteiger partial charge is 0.457 e. The molecule has 2 aromatic rings. The van der Waals surface area contributed by atoms with Crippen molar-refractivity contribution in [2.75, 3.05) is 5.32 Å². The van der Waals surface area contributed by atoms with Crippen LogP contribution in [0.4, 0.5) is 5.82 Å². The van der Waals surface area contributed by atoms with Gasteiger partial charge >= 0.3 is 0 Å². The number of aromatic nitrogens is 2. The minimum Gasteiger partial charge on any atom is -0.457 e. The number of furan rings is 1. The van der Waals surface area contributed by atoms with Gasteiger partial charge in [-0.3, -0.25) is 9.89 Å². The molecule has 0 spiro atoms. The first-order valence-corrected chi connectivity index (χ1v) is 5.58. The molecule has 1 amide bonds. The smallest absolute Gasteiger partial charge is 0.261 e. The first-order valence-electron chi connectivity index (χ1n) is 4.79. The summed E-state index contributed by atoms with van der Waals surface area (Å²) in [6.07, 6.45) is 3.95. The number of carbonyl (C=O) groups excluding carboxylic acids is 1. The zero-order valence-corrected chi connectivity index (χ0v) is 10.2. The van der Waals surface area contributed by atoms with Crippen molar-refractivity contribution in [3.63, 3.8) is 0 Å². The third-order valence-corrected chi connectivity index (χ3v) is 2.81. The third-order valence-electron chi connectivity index (χ3n) is 2.20. The number of nitrogens with zero attached hydrogens (tertiary/aromatic N) is 1. The number of anilines is 1. The van der Waals surface area contributed by atoms with Gasteiger partial charge in [0.25, 0.3) is 5.91 Å². The van der Waals surface area contributed by atoms with Gasteiger partial charge < -0.3 is 9.73 Å². The van der Waals surface area contributed by atoms with Crippen molar-refractivity contribution in [2.45, 2.75) is 13.3 Å². The van der Waals surface area contributed by atoms with Crippen LogP contribution in [0.25, 0.3) is 0 Å². The van der Waals surface area contributed by atoms with Gasteiger partial charge in [0.1, 0.15) is 5.82 Å². The quantitative estimate of drug-likeness (QED) is 0.910. The van der Waals surface area contributed by atoms with E-state index in [1.807, 2.05) is 6.92 Å². The van der Waals surface area contributed by atoms with E-state index in [4.69, 9.17) is 4.42 Å². The van der Waals surface area contributed by atoms with Crippen LogP contribution in [0, 0.1) is 0 Å². The number of amides is 1. The number of aromatic amines is 1. The Balaban J connectivity index is 2.17. The molecule has 16 heavy (non-hydrogen) atoms. The van der Waals surface area contributed by atoms with Gasteiger partial charge in [-0.25, -0.2) is 0 Å². The van der Waals surface area contributed by atoms with Crippen LogP contribution in [0.5, 0.6) is 0 Å². The molecular weight excluding hydrogens is 274 g/mol. The zero-order valence-electron chi connectivity index (χ0n) is 8.58. The Labute approximate surface area is 100 Å². The molecule has 0 aliphatic carbocycles. The molecule has 2 heterocycles. The Bertz CT molecular complexity index is 504. The van der Waals surface area contributed by atoms with Crippen LogP contribution in [0.2, 0.25) is 0 Å². The Morgan fingerprint density at radius 1 is 1.69 bits per heavy atom. The lowest BCUT2D eigenvalue weighted by molar-refractivity contribution is 0.102. The highest BCUT2D eigenvalue weighted by Gasteiger charge is 2.14. The molecule has 0 bridgehead atoms. The predicted molar refractivity (Wildman–Crippen MR) is 62.3 cm³/mol. The molecule has 0 saturated heterocycles. The van der Waals surface area contributed by atoms with Gasteiger partial charge in [-0.05, 0) is 28.4 Å². The number of rotatable bonds is 3. The summed E-state index contributed by atoms with van der Waals surface area (Å²) in [4.78, 5) is 11.8. The molecule has 2 rings (SSSR count). The highest BCUT2D eigenvalue weighted by atomic mass is 79.9. The zero-order chi connectivity index (χ0) is 11.5. The minimum atomic E-state index is -0.237. The topological polar surface area (TPSA) is 70.9 Å². The number of hydrogen-bond donors (Lipinski definition) is 2. The van der Waals surface area contributed by atoms with Crippen LogP contribution in [-0.4, -0.2) is 16.1 Å². The molecule has 0 aromatic carbocycles. The van der Waals surface area contributed by atoms with Crippen molar-refractivity contribution in [3.8, 4) is 0 Å². The molecule has 0 atom stereocenters. The Morgan fingerprint density at radius 2 is 2.50 bits per heavy atom. The monoisotopic (exact) mass is 283 g/mol. The fraction of sp³-hybridized carbons (Fsp3) is 0.200. The van der Waals surface area contributed by atoms with E-state index in [0.29, 0.717) is 16.1 Å². The van der Waals surface area contributed by atoms with Crippen molar-refractivity contribution < 1.29 is 9.21 Å². The number of hydrogen-bond acceptors (Lipinski definition) is 3. The fourth-order valence-electron chi connectivity index (χ4n) is 1.32. The number of aryl methyl sites for hydroxylation is 1. The van der Waals surface area contributed by atoms with Gasteiger partial charge in [0.2, 0.25) is 0 Å². The standard InChI is InChI=1S/C10H10BrN3O2/c1-2-6-5-12-14-9(6)13-10(15)7-3-4-16-8(7)11/h3-5H,2H2,1H3,(H2,12,13,14,15). The lowest BCUT2D eigenvalue weighted by Crippen LogP contribution is -2.12. The van der Waals surface area contributed by atoms with Gasteiger partial charge in [-0.15, -0.1) is 0 Å². The summed E-state index contributed by atoms with van der Waals surface area (Å²) in [6.45, 7) is 1.99. The lowest BCUT2D eigenvalue weighted by atomic mass is 10.2. The van der Waals surface area contributed by atoms with Crippen molar-refractivity contribution in [1.29, 1.82) is 0 Å². The van der Waals surface area contributed by atoms with E-state index in [2.05, 4.69) is 31.4 Å². The normalized spacial score (nSPS) is 10.4. The average molecular weight is 284 g/mol. The van der Waals surface area contributed by atoms with Crippen LogP contribution in [0.3, 0.4) is 0 Å². The molecule has 0 aliphatic heterocycles. The first kappa shape index (κ1) is 10.9. The summed E-state index contributed by atoms with van der Waals surface area (Å²) in [5.74, 6) is 0.389. The molecule has 2 N–H and O–H groups in total. The molecule has 84 valence electrons. The van der Waals surface area contributed by atoms with E-state index in [1.165, 1.54) is 6.26 Å². The lowest BCUT2D eigenvalue weighted by Gasteiger charge is -2.02. The average Bonchev–Trinajstić information content (AvgIpc) is 2.86. The second-order valence-electron chi connectivity index (χ2n) is 3.19. The molecule has 5 nitrogen and oxygen atoms in total. The van der Waals surface area contributed by atoms with E-state index in [0.717, 1.165) is 12.0 Å². The molecule has 0 saturated carbocycles. The second kappa shape index (κ2) is 4.52. The van der Waals surface area contributed by atoms with Crippen LogP contribution in [0.1, 0.15) is 22.8 Å². The maximum atomic E-state index is 11.8. The Hall–Kier alpha value is -1.56. The van der Waals surface area contributed by atoms with Crippen LogP contribution in [-0.2, 0) is 6.42 Å². The maximum absolute atomic E-state index is 11.8. The van der Waals surface area contributed by atoms with Gasteiger partial charge in [0.15, 0.2) is 4.67 Å².